The van der Waals surface area contributed by atoms with Gasteiger partial charge in [-0.25, -0.2) is 13.8 Å². The molecule has 3 aromatic rings. The third-order valence-corrected chi connectivity index (χ3v) is 4.51. The molecule has 0 radical (unpaired) electrons. The summed E-state index contributed by atoms with van der Waals surface area (Å²) >= 11 is 1.70. The maximum Gasteiger partial charge on any atom is 0.257 e. The van der Waals surface area contributed by atoms with Crippen LogP contribution in [0, 0.1) is 6.92 Å². The van der Waals surface area contributed by atoms with Crippen molar-refractivity contribution in [3.8, 4) is 0 Å². The molecule has 0 unspecified atom stereocenters. The first-order chi connectivity index (χ1) is 13.0. The van der Waals surface area contributed by atoms with Gasteiger partial charge in [0.15, 0.2) is 0 Å². The van der Waals surface area contributed by atoms with E-state index >= 15 is 0 Å². The van der Waals surface area contributed by atoms with Crippen molar-refractivity contribution < 1.29 is 8.78 Å². The Morgan fingerprint density at radius 2 is 2.11 bits per heavy atom. The zero-order chi connectivity index (χ0) is 19.2. The smallest absolute Gasteiger partial charge is 0.257 e. The number of anilines is 3. The summed E-state index contributed by atoms with van der Waals surface area (Å²) in [6.07, 6.45) is 4.26. The Bertz CT molecular complexity index is 899. The second-order valence-electron chi connectivity index (χ2n) is 5.90. The summed E-state index contributed by atoms with van der Waals surface area (Å²) in [5, 5.41) is 10.2. The second kappa shape index (κ2) is 8.81. The van der Waals surface area contributed by atoms with E-state index in [0.29, 0.717) is 24.0 Å². The molecule has 0 atom stereocenters. The molecule has 0 saturated heterocycles. The maximum absolute atomic E-state index is 12.4. The summed E-state index contributed by atoms with van der Waals surface area (Å²) in [5.41, 5.74) is 2.62. The van der Waals surface area contributed by atoms with E-state index in [2.05, 4.69) is 43.9 Å². The number of rotatable bonds is 8. The van der Waals surface area contributed by atoms with Crippen LogP contribution in [0.4, 0.5) is 26.2 Å². The summed E-state index contributed by atoms with van der Waals surface area (Å²) in [4.78, 5) is 9.91. The molecular weight excluding hydrogens is 370 g/mol. The molecule has 27 heavy (non-hydrogen) atoms. The highest BCUT2D eigenvalue weighted by atomic mass is 32.2. The van der Waals surface area contributed by atoms with E-state index in [1.54, 1.807) is 18.0 Å². The molecule has 2 N–H and O–H groups in total. The Balaban J connectivity index is 1.67. The van der Waals surface area contributed by atoms with Gasteiger partial charge < -0.3 is 10.6 Å². The van der Waals surface area contributed by atoms with E-state index in [1.165, 1.54) is 22.0 Å². The molecule has 9 heteroatoms. The van der Waals surface area contributed by atoms with Gasteiger partial charge >= 0.3 is 0 Å². The quantitative estimate of drug-likeness (QED) is 0.558. The minimum absolute atomic E-state index is 0.373. The molecule has 0 spiro atoms. The molecule has 0 saturated carbocycles. The first-order valence-corrected chi connectivity index (χ1v) is 9.54. The van der Waals surface area contributed by atoms with Crippen molar-refractivity contribution in [3.63, 3.8) is 0 Å². The first kappa shape index (κ1) is 19.1. The lowest BCUT2D eigenvalue weighted by molar-refractivity contribution is 0.122. The average Bonchev–Trinajstić information content (AvgIpc) is 3.08. The molecule has 0 fully saturated rings. The fourth-order valence-electron chi connectivity index (χ4n) is 2.45. The highest BCUT2D eigenvalue weighted by molar-refractivity contribution is 7.98. The van der Waals surface area contributed by atoms with Crippen molar-refractivity contribution >= 4 is 29.2 Å². The number of nitrogens with one attached hydrogen (secondary N) is 2. The Morgan fingerprint density at radius 1 is 1.26 bits per heavy atom. The fraction of sp³-hybridized carbons (Fsp3) is 0.278. The number of nitrogens with zero attached hydrogens (tertiary/aromatic N) is 4. The lowest BCUT2D eigenvalue weighted by atomic mass is 10.2. The normalized spacial score (nSPS) is 11.0. The third kappa shape index (κ3) is 5.40. The van der Waals surface area contributed by atoms with Gasteiger partial charge in [-0.2, -0.15) is 10.1 Å². The first-order valence-electron chi connectivity index (χ1n) is 8.31. The Labute approximate surface area is 160 Å². The molecule has 0 aliphatic rings. The van der Waals surface area contributed by atoms with Crippen LogP contribution in [-0.4, -0.2) is 32.4 Å². The minimum Gasteiger partial charge on any atom is -0.366 e. The van der Waals surface area contributed by atoms with Gasteiger partial charge in [0.2, 0.25) is 5.95 Å². The van der Waals surface area contributed by atoms with Gasteiger partial charge in [0.1, 0.15) is 12.4 Å². The predicted octanol–water partition coefficient (Wildman–Crippen LogP) is 4.32. The number of hydrogen-bond acceptors (Lipinski definition) is 6. The topological polar surface area (TPSA) is 67.7 Å². The van der Waals surface area contributed by atoms with Crippen molar-refractivity contribution in [2.24, 2.45) is 0 Å². The van der Waals surface area contributed by atoms with E-state index in [4.69, 9.17) is 0 Å². The van der Waals surface area contributed by atoms with E-state index in [-0.39, 0.29) is 0 Å². The van der Waals surface area contributed by atoms with Gasteiger partial charge in [-0.3, -0.25) is 4.68 Å². The maximum atomic E-state index is 12.4. The van der Waals surface area contributed by atoms with E-state index in [1.807, 2.05) is 19.2 Å². The van der Waals surface area contributed by atoms with Crippen LogP contribution >= 0.6 is 11.8 Å². The average molecular weight is 390 g/mol. The molecule has 3 rings (SSSR count). The second-order valence-corrected chi connectivity index (χ2v) is 6.78. The fourth-order valence-corrected chi connectivity index (χ4v) is 2.93. The number of alkyl halides is 2. The molecule has 0 aliphatic heterocycles. The lowest BCUT2D eigenvalue weighted by Gasteiger charge is -2.11. The predicted molar refractivity (Wildman–Crippen MR) is 104 cm³/mol. The van der Waals surface area contributed by atoms with Crippen LogP contribution < -0.4 is 10.6 Å². The number of halogens is 2. The van der Waals surface area contributed by atoms with Crippen molar-refractivity contribution in [2.75, 3.05) is 16.9 Å². The highest BCUT2D eigenvalue weighted by Gasteiger charge is 2.08. The summed E-state index contributed by atoms with van der Waals surface area (Å²) in [6.45, 7) is 2.11. The number of thioether (sulfide) groups is 1. The third-order valence-electron chi connectivity index (χ3n) is 3.78. The largest absolute Gasteiger partial charge is 0.366 e. The van der Waals surface area contributed by atoms with Crippen molar-refractivity contribution in [2.45, 2.75) is 31.3 Å². The van der Waals surface area contributed by atoms with Crippen LogP contribution in [0.25, 0.3) is 0 Å². The summed E-state index contributed by atoms with van der Waals surface area (Å²) in [6, 6.07) is 8.28. The summed E-state index contributed by atoms with van der Waals surface area (Å²) in [5.74, 6) is 1.08. The SMILES string of the molecule is CSc1cccc(CNc2nc(Nc3cnn(CC(F)F)c3)ncc2C)c1. The summed E-state index contributed by atoms with van der Waals surface area (Å²) < 4.78 is 26.0. The van der Waals surface area contributed by atoms with Crippen LogP contribution in [0.5, 0.6) is 0 Å². The van der Waals surface area contributed by atoms with Gasteiger partial charge in [-0.1, -0.05) is 12.1 Å². The molecule has 142 valence electrons. The van der Waals surface area contributed by atoms with Crippen LogP contribution in [-0.2, 0) is 13.1 Å². The highest BCUT2D eigenvalue weighted by Crippen LogP contribution is 2.19. The number of hydrogen-bond donors (Lipinski definition) is 2. The Morgan fingerprint density at radius 3 is 2.89 bits per heavy atom. The monoisotopic (exact) mass is 390 g/mol. The Kier molecular flexibility index (Phi) is 6.23. The Hall–Kier alpha value is -2.68. The minimum atomic E-state index is -2.45. The zero-order valence-corrected chi connectivity index (χ0v) is 15.8. The number of benzene rings is 1. The zero-order valence-electron chi connectivity index (χ0n) is 15.0. The van der Waals surface area contributed by atoms with Gasteiger partial charge in [0.25, 0.3) is 6.43 Å². The molecule has 2 heterocycles. The van der Waals surface area contributed by atoms with E-state index in [0.717, 1.165) is 11.1 Å². The van der Waals surface area contributed by atoms with E-state index < -0.39 is 13.0 Å². The van der Waals surface area contributed by atoms with Crippen molar-refractivity contribution in [1.82, 2.24) is 19.7 Å². The van der Waals surface area contributed by atoms with Crippen LogP contribution in [0.1, 0.15) is 11.1 Å². The molecule has 0 amide bonds. The molecule has 2 aromatic heterocycles. The van der Waals surface area contributed by atoms with Gasteiger partial charge in [0.05, 0.1) is 11.9 Å². The van der Waals surface area contributed by atoms with Crippen molar-refractivity contribution in [1.29, 1.82) is 0 Å². The standard InChI is InChI=1S/C18H20F2N6S/c1-12-7-22-18(24-14-9-23-26(10-14)11-16(19)20)25-17(12)21-8-13-4-3-5-15(6-13)27-2/h3-7,9-10,16H,8,11H2,1-2H3,(H2,21,22,24,25). The number of aromatic nitrogens is 4. The molecular formula is C18H20F2N6S. The van der Waals surface area contributed by atoms with Crippen LogP contribution in [0.2, 0.25) is 0 Å². The molecule has 0 bridgehead atoms. The summed E-state index contributed by atoms with van der Waals surface area (Å²) in [7, 11) is 0. The molecule has 6 nitrogen and oxygen atoms in total. The van der Waals surface area contributed by atoms with Gasteiger partial charge in [-0.15, -0.1) is 11.8 Å². The van der Waals surface area contributed by atoms with E-state index in [9.17, 15) is 8.78 Å². The van der Waals surface area contributed by atoms with Gasteiger partial charge in [-0.05, 0) is 30.9 Å². The van der Waals surface area contributed by atoms with Crippen molar-refractivity contribution in [3.05, 3.63) is 54.0 Å². The van der Waals surface area contributed by atoms with Crippen LogP contribution in [0.15, 0.2) is 47.8 Å². The van der Waals surface area contributed by atoms with Gasteiger partial charge in [0, 0.05) is 29.4 Å². The molecule has 1 aromatic carbocycles. The van der Waals surface area contributed by atoms with Crippen LogP contribution in [0.3, 0.4) is 0 Å². The number of aryl methyl sites for hydroxylation is 1. The lowest BCUT2D eigenvalue weighted by Crippen LogP contribution is -2.07. The molecule has 0 aliphatic carbocycles.